The Balaban J connectivity index is 2.62. The predicted molar refractivity (Wildman–Crippen MR) is 44.6 cm³/mol. The van der Waals surface area contributed by atoms with Gasteiger partial charge in [0, 0.05) is 0 Å². The summed E-state index contributed by atoms with van der Waals surface area (Å²) in [6.07, 6.45) is 5.38. The fourth-order valence-electron chi connectivity index (χ4n) is 1.33. The molecule has 1 heteroatoms. The molecule has 2 atom stereocenters. The second-order valence-corrected chi connectivity index (χ2v) is 3.08. The van der Waals surface area contributed by atoms with Gasteiger partial charge in [-0.1, -0.05) is 31.2 Å². The maximum absolute atomic E-state index is 5.58. The molecule has 1 nitrogen and oxygen atoms in total. The Bertz CT molecular complexity index is 158. The van der Waals surface area contributed by atoms with Crippen molar-refractivity contribution in [1.29, 1.82) is 0 Å². The fourth-order valence-corrected chi connectivity index (χ4v) is 1.33. The zero-order valence-electron chi connectivity index (χ0n) is 6.51. The Hall–Kier alpha value is -0.560. The topological polar surface area (TPSA) is 26.0 Å². The van der Waals surface area contributed by atoms with E-state index in [4.69, 9.17) is 5.73 Å². The zero-order chi connectivity index (χ0) is 7.56. The number of allylic oxidation sites excluding steroid dienone is 3. The van der Waals surface area contributed by atoms with Gasteiger partial charge in [0.05, 0.1) is 0 Å². The maximum atomic E-state index is 5.58. The molecule has 0 aromatic carbocycles. The summed E-state index contributed by atoms with van der Waals surface area (Å²) in [6.45, 7) is 6.90. The Labute approximate surface area is 62.6 Å². The van der Waals surface area contributed by atoms with E-state index in [0.717, 1.165) is 13.0 Å². The molecular formula is C9H15N. The number of rotatable bonds is 1. The first-order valence-corrected chi connectivity index (χ1v) is 3.80. The van der Waals surface area contributed by atoms with Crippen LogP contribution in [0.25, 0.3) is 0 Å². The average Bonchev–Trinajstić information content (AvgIpc) is 1.94. The third-order valence-electron chi connectivity index (χ3n) is 2.21. The standard InChI is InChI=1S/C9H15N/c1-7-3-4-8(2)9(5-7)6-10/h3-4,8-9H,1,5-6,10H2,2H3. The van der Waals surface area contributed by atoms with E-state index in [0.29, 0.717) is 11.8 Å². The minimum absolute atomic E-state index is 0.623. The minimum Gasteiger partial charge on any atom is -0.330 e. The van der Waals surface area contributed by atoms with E-state index >= 15 is 0 Å². The van der Waals surface area contributed by atoms with Crippen LogP contribution in [0.5, 0.6) is 0 Å². The Morgan fingerprint density at radius 2 is 2.50 bits per heavy atom. The average molecular weight is 137 g/mol. The molecule has 2 unspecified atom stereocenters. The van der Waals surface area contributed by atoms with E-state index in [1.54, 1.807) is 0 Å². The van der Waals surface area contributed by atoms with E-state index in [1.807, 2.05) is 0 Å². The molecule has 0 aromatic heterocycles. The van der Waals surface area contributed by atoms with E-state index in [1.165, 1.54) is 5.57 Å². The van der Waals surface area contributed by atoms with Crippen LogP contribution >= 0.6 is 0 Å². The van der Waals surface area contributed by atoms with Crippen LogP contribution in [0.1, 0.15) is 13.3 Å². The van der Waals surface area contributed by atoms with Crippen LogP contribution in [0.2, 0.25) is 0 Å². The van der Waals surface area contributed by atoms with Crippen LogP contribution in [0.3, 0.4) is 0 Å². The summed E-state index contributed by atoms with van der Waals surface area (Å²) in [5.74, 6) is 1.26. The van der Waals surface area contributed by atoms with Gasteiger partial charge < -0.3 is 5.73 Å². The summed E-state index contributed by atoms with van der Waals surface area (Å²) >= 11 is 0. The normalized spacial score (nSPS) is 32.8. The van der Waals surface area contributed by atoms with Crippen LogP contribution in [0, 0.1) is 11.8 Å². The van der Waals surface area contributed by atoms with E-state index in [2.05, 4.69) is 25.7 Å². The van der Waals surface area contributed by atoms with Gasteiger partial charge in [-0.05, 0) is 24.8 Å². The van der Waals surface area contributed by atoms with Crippen LogP contribution in [-0.2, 0) is 0 Å². The molecule has 0 aromatic rings. The SMILES string of the molecule is C=C1C=CC(C)C(CN)C1. The third kappa shape index (κ3) is 1.48. The summed E-state index contributed by atoms with van der Waals surface area (Å²) in [6, 6.07) is 0. The highest BCUT2D eigenvalue weighted by molar-refractivity contribution is 5.20. The van der Waals surface area contributed by atoms with Crippen molar-refractivity contribution in [1.82, 2.24) is 0 Å². The van der Waals surface area contributed by atoms with Gasteiger partial charge >= 0.3 is 0 Å². The molecule has 0 amide bonds. The first-order chi connectivity index (χ1) is 4.74. The molecule has 1 rings (SSSR count). The second-order valence-electron chi connectivity index (χ2n) is 3.08. The Morgan fingerprint density at radius 1 is 1.80 bits per heavy atom. The molecule has 0 spiro atoms. The van der Waals surface area contributed by atoms with Gasteiger partial charge in [-0.15, -0.1) is 0 Å². The quantitative estimate of drug-likeness (QED) is 0.585. The van der Waals surface area contributed by atoms with Gasteiger partial charge in [-0.2, -0.15) is 0 Å². The van der Waals surface area contributed by atoms with E-state index < -0.39 is 0 Å². The summed E-state index contributed by atoms with van der Waals surface area (Å²) in [5.41, 5.74) is 6.80. The lowest BCUT2D eigenvalue weighted by Gasteiger charge is -2.23. The van der Waals surface area contributed by atoms with Crippen LogP contribution < -0.4 is 5.73 Å². The maximum Gasteiger partial charge on any atom is -0.00402 e. The van der Waals surface area contributed by atoms with Crippen LogP contribution in [-0.4, -0.2) is 6.54 Å². The van der Waals surface area contributed by atoms with Crippen molar-refractivity contribution in [2.75, 3.05) is 6.54 Å². The highest BCUT2D eigenvalue weighted by Crippen LogP contribution is 2.25. The Kier molecular flexibility index (Phi) is 2.28. The largest absolute Gasteiger partial charge is 0.330 e. The zero-order valence-corrected chi connectivity index (χ0v) is 6.51. The molecule has 1 aliphatic rings. The molecule has 2 N–H and O–H groups in total. The van der Waals surface area contributed by atoms with Gasteiger partial charge in [-0.3, -0.25) is 0 Å². The molecular weight excluding hydrogens is 122 g/mol. The number of hydrogen-bond acceptors (Lipinski definition) is 1. The molecule has 0 saturated heterocycles. The van der Waals surface area contributed by atoms with Gasteiger partial charge in [0.25, 0.3) is 0 Å². The van der Waals surface area contributed by atoms with Gasteiger partial charge in [0.2, 0.25) is 0 Å². The summed E-state index contributed by atoms with van der Waals surface area (Å²) < 4.78 is 0. The smallest absolute Gasteiger partial charge is 0.00402 e. The summed E-state index contributed by atoms with van der Waals surface area (Å²) in [5, 5.41) is 0. The number of nitrogens with two attached hydrogens (primary N) is 1. The lowest BCUT2D eigenvalue weighted by atomic mass is 9.83. The predicted octanol–water partition coefficient (Wildman–Crippen LogP) is 1.71. The number of hydrogen-bond donors (Lipinski definition) is 1. The van der Waals surface area contributed by atoms with Crippen molar-refractivity contribution in [3.8, 4) is 0 Å². The van der Waals surface area contributed by atoms with Crippen LogP contribution in [0.15, 0.2) is 24.3 Å². The summed E-state index contributed by atoms with van der Waals surface area (Å²) in [7, 11) is 0. The van der Waals surface area contributed by atoms with Gasteiger partial charge in [0.1, 0.15) is 0 Å². The van der Waals surface area contributed by atoms with E-state index in [-0.39, 0.29) is 0 Å². The molecule has 0 bridgehead atoms. The molecule has 0 heterocycles. The minimum atomic E-state index is 0.623. The monoisotopic (exact) mass is 137 g/mol. The molecule has 0 radical (unpaired) electrons. The summed E-state index contributed by atoms with van der Waals surface area (Å²) in [4.78, 5) is 0. The lowest BCUT2D eigenvalue weighted by molar-refractivity contribution is 0.419. The molecule has 1 aliphatic carbocycles. The first-order valence-electron chi connectivity index (χ1n) is 3.80. The van der Waals surface area contributed by atoms with Crippen molar-refractivity contribution >= 4 is 0 Å². The van der Waals surface area contributed by atoms with Crippen molar-refractivity contribution in [3.63, 3.8) is 0 Å². The Morgan fingerprint density at radius 3 is 3.00 bits per heavy atom. The third-order valence-corrected chi connectivity index (χ3v) is 2.21. The molecule has 0 aliphatic heterocycles. The lowest BCUT2D eigenvalue weighted by Crippen LogP contribution is -2.22. The molecule has 0 saturated carbocycles. The highest BCUT2D eigenvalue weighted by Gasteiger charge is 2.16. The second kappa shape index (κ2) is 3.02. The first kappa shape index (κ1) is 7.55. The molecule has 10 heavy (non-hydrogen) atoms. The highest BCUT2D eigenvalue weighted by atomic mass is 14.6. The molecule has 56 valence electrons. The van der Waals surface area contributed by atoms with E-state index in [9.17, 15) is 0 Å². The van der Waals surface area contributed by atoms with Crippen molar-refractivity contribution < 1.29 is 0 Å². The van der Waals surface area contributed by atoms with Gasteiger partial charge in [-0.25, -0.2) is 0 Å². The fraction of sp³-hybridized carbons (Fsp3) is 0.556. The van der Waals surface area contributed by atoms with Crippen molar-refractivity contribution in [2.24, 2.45) is 17.6 Å². The molecule has 0 fully saturated rings. The van der Waals surface area contributed by atoms with Crippen molar-refractivity contribution in [3.05, 3.63) is 24.3 Å². The van der Waals surface area contributed by atoms with Crippen molar-refractivity contribution in [2.45, 2.75) is 13.3 Å². The van der Waals surface area contributed by atoms with Crippen LogP contribution in [0.4, 0.5) is 0 Å². The van der Waals surface area contributed by atoms with Gasteiger partial charge in [0.15, 0.2) is 0 Å².